The van der Waals surface area contributed by atoms with E-state index in [2.05, 4.69) is 19.1 Å². The van der Waals surface area contributed by atoms with Crippen LogP contribution >= 0.6 is 0 Å². The fourth-order valence-corrected chi connectivity index (χ4v) is 1.37. The first-order chi connectivity index (χ1) is 7.07. The van der Waals surface area contributed by atoms with Crippen molar-refractivity contribution in [3.8, 4) is 11.8 Å². The largest absolute Gasteiger partial charge is 0.487 e. The lowest BCUT2D eigenvalue weighted by molar-refractivity contribution is 0.115. The molecule has 0 aromatic heterocycles. The zero-order valence-electron chi connectivity index (χ0n) is 9.58. The van der Waals surface area contributed by atoms with Gasteiger partial charge in [-0.25, -0.2) is 0 Å². The van der Waals surface area contributed by atoms with E-state index < -0.39 is 5.60 Å². The summed E-state index contributed by atoms with van der Waals surface area (Å²) in [6, 6.07) is 10.1. The SMILES string of the molecule is CCc1cccc(OC(C)(C)CC#N)c1. The van der Waals surface area contributed by atoms with E-state index in [1.807, 2.05) is 32.0 Å². The second-order valence-electron chi connectivity index (χ2n) is 4.20. The number of nitriles is 1. The first kappa shape index (κ1) is 11.6. The van der Waals surface area contributed by atoms with E-state index in [0.29, 0.717) is 6.42 Å². The number of nitrogens with zero attached hydrogens (tertiary/aromatic N) is 1. The lowest BCUT2D eigenvalue weighted by Gasteiger charge is -2.23. The molecule has 0 aliphatic rings. The van der Waals surface area contributed by atoms with Gasteiger partial charge in [0.1, 0.15) is 11.4 Å². The molecule has 0 spiro atoms. The average Bonchev–Trinajstić information content (AvgIpc) is 2.17. The van der Waals surface area contributed by atoms with Gasteiger partial charge in [-0.15, -0.1) is 0 Å². The zero-order chi connectivity index (χ0) is 11.3. The third kappa shape index (κ3) is 3.63. The van der Waals surface area contributed by atoms with Crippen molar-refractivity contribution in [2.75, 3.05) is 0 Å². The minimum absolute atomic E-state index is 0.392. The summed E-state index contributed by atoms with van der Waals surface area (Å²) >= 11 is 0. The Balaban J connectivity index is 2.76. The van der Waals surface area contributed by atoms with E-state index >= 15 is 0 Å². The van der Waals surface area contributed by atoms with Crippen molar-refractivity contribution in [2.24, 2.45) is 0 Å². The van der Waals surface area contributed by atoms with Crippen molar-refractivity contribution in [3.63, 3.8) is 0 Å². The van der Waals surface area contributed by atoms with Crippen LogP contribution in [0, 0.1) is 11.3 Å². The van der Waals surface area contributed by atoms with Crippen LogP contribution in [0.2, 0.25) is 0 Å². The number of benzene rings is 1. The van der Waals surface area contributed by atoms with E-state index in [-0.39, 0.29) is 0 Å². The first-order valence-corrected chi connectivity index (χ1v) is 5.22. The van der Waals surface area contributed by atoms with Crippen LogP contribution in [0.1, 0.15) is 32.8 Å². The third-order valence-corrected chi connectivity index (χ3v) is 2.21. The smallest absolute Gasteiger partial charge is 0.120 e. The maximum absolute atomic E-state index is 8.65. The highest BCUT2D eigenvalue weighted by atomic mass is 16.5. The van der Waals surface area contributed by atoms with Crippen LogP contribution in [0.25, 0.3) is 0 Å². The van der Waals surface area contributed by atoms with E-state index in [1.165, 1.54) is 5.56 Å². The summed E-state index contributed by atoms with van der Waals surface area (Å²) < 4.78 is 5.76. The van der Waals surface area contributed by atoms with Crippen LogP contribution in [0.5, 0.6) is 5.75 Å². The van der Waals surface area contributed by atoms with Gasteiger partial charge in [-0.3, -0.25) is 0 Å². The Bertz CT molecular complexity index is 363. The predicted octanol–water partition coefficient (Wildman–Crippen LogP) is 3.32. The van der Waals surface area contributed by atoms with E-state index in [9.17, 15) is 0 Å². The molecule has 1 aromatic rings. The molecule has 0 fully saturated rings. The molecular formula is C13H17NO. The Hall–Kier alpha value is -1.49. The van der Waals surface area contributed by atoms with Crippen LogP contribution < -0.4 is 4.74 Å². The molecule has 0 aliphatic carbocycles. The molecule has 15 heavy (non-hydrogen) atoms. The highest BCUT2D eigenvalue weighted by molar-refractivity contribution is 5.29. The van der Waals surface area contributed by atoms with Crippen LogP contribution in [0.4, 0.5) is 0 Å². The highest BCUT2D eigenvalue weighted by Crippen LogP contribution is 2.21. The van der Waals surface area contributed by atoms with E-state index in [0.717, 1.165) is 12.2 Å². The number of ether oxygens (including phenoxy) is 1. The normalized spacial score (nSPS) is 10.8. The molecule has 0 radical (unpaired) electrons. The summed E-state index contributed by atoms with van der Waals surface area (Å²) in [6.07, 6.45) is 1.39. The quantitative estimate of drug-likeness (QED) is 0.752. The third-order valence-electron chi connectivity index (χ3n) is 2.21. The minimum Gasteiger partial charge on any atom is -0.487 e. The Morgan fingerprint density at radius 1 is 1.40 bits per heavy atom. The number of rotatable bonds is 4. The predicted molar refractivity (Wildman–Crippen MR) is 60.8 cm³/mol. The van der Waals surface area contributed by atoms with Gasteiger partial charge in [0.2, 0.25) is 0 Å². The zero-order valence-corrected chi connectivity index (χ0v) is 9.58. The number of aryl methyl sites for hydroxylation is 1. The number of hydrogen-bond acceptors (Lipinski definition) is 2. The van der Waals surface area contributed by atoms with Crippen LogP contribution in [-0.2, 0) is 6.42 Å². The highest BCUT2D eigenvalue weighted by Gasteiger charge is 2.19. The van der Waals surface area contributed by atoms with Gasteiger partial charge in [0.25, 0.3) is 0 Å². The van der Waals surface area contributed by atoms with E-state index in [1.54, 1.807) is 0 Å². The van der Waals surface area contributed by atoms with Gasteiger partial charge in [0.05, 0.1) is 12.5 Å². The van der Waals surface area contributed by atoms with Gasteiger partial charge >= 0.3 is 0 Å². The van der Waals surface area contributed by atoms with Crippen molar-refractivity contribution < 1.29 is 4.74 Å². The molecule has 2 heteroatoms. The standard InChI is InChI=1S/C13H17NO/c1-4-11-6-5-7-12(10-11)15-13(2,3)8-9-14/h5-7,10H,4,8H2,1-3H3. The molecular weight excluding hydrogens is 186 g/mol. The fourth-order valence-electron chi connectivity index (χ4n) is 1.37. The lowest BCUT2D eigenvalue weighted by atomic mass is 10.1. The summed E-state index contributed by atoms with van der Waals surface area (Å²) in [5.41, 5.74) is 0.835. The molecule has 1 rings (SSSR count). The average molecular weight is 203 g/mol. The maximum atomic E-state index is 8.65. The second kappa shape index (κ2) is 4.84. The molecule has 1 aromatic carbocycles. The van der Waals surface area contributed by atoms with Crippen molar-refractivity contribution >= 4 is 0 Å². The molecule has 2 nitrogen and oxygen atoms in total. The van der Waals surface area contributed by atoms with Gasteiger partial charge in [-0.2, -0.15) is 5.26 Å². The Labute approximate surface area is 91.5 Å². The molecule has 0 aliphatic heterocycles. The van der Waals surface area contributed by atoms with Gasteiger partial charge in [-0.05, 0) is 38.0 Å². The van der Waals surface area contributed by atoms with Gasteiger partial charge in [0.15, 0.2) is 0 Å². The summed E-state index contributed by atoms with van der Waals surface area (Å²) in [5, 5.41) is 8.65. The second-order valence-corrected chi connectivity index (χ2v) is 4.20. The molecule has 0 N–H and O–H groups in total. The van der Waals surface area contributed by atoms with E-state index in [4.69, 9.17) is 10.00 Å². The van der Waals surface area contributed by atoms with Crippen molar-refractivity contribution in [3.05, 3.63) is 29.8 Å². The van der Waals surface area contributed by atoms with Gasteiger partial charge in [-0.1, -0.05) is 19.1 Å². The van der Waals surface area contributed by atoms with Crippen LogP contribution in [-0.4, -0.2) is 5.60 Å². The first-order valence-electron chi connectivity index (χ1n) is 5.22. The van der Waals surface area contributed by atoms with Crippen LogP contribution in [0.15, 0.2) is 24.3 Å². The molecule has 0 atom stereocenters. The Kier molecular flexibility index (Phi) is 3.74. The van der Waals surface area contributed by atoms with Gasteiger partial charge < -0.3 is 4.74 Å². The summed E-state index contributed by atoms with van der Waals surface area (Å²) in [6.45, 7) is 5.96. The van der Waals surface area contributed by atoms with Crippen LogP contribution in [0.3, 0.4) is 0 Å². The fraction of sp³-hybridized carbons (Fsp3) is 0.462. The molecule has 80 valence electrons. The molecule has 0 bridgehead atoms. The molecule has 0 heterocycles. The van der Waals surface area contributed by atoms with Crippen molar-refractivity contribution in [1.29, 1.82) is 5.26 Å². The summed E-state index contributed by atoms with van der Waals surface area (Å²) in [7, 11) is 0. The summed E-state index contributed by atoms with van der Waals surface area (Å²) in [4.78, 5) is 0. The lowest BCUT2D eigenvalue weighted by Crippen LogP contribution is -2.27. The number of hydrogen-bond donors (Lipinski definition) is 0. The van der Waals surface area contributed by atoms with Crippen molar-refractivity contribution in [2.45, 2.75) is 39.2 Å². The maximum Gasteiger partial charge on any atom is 0.120 e. The van der Waals surface area contributed by atoms with Crippen molar-refractivity contribution in [1.82, 2.24) is 0 Å². The summed E-state index contributed by atoms with van der Waals surface area (Å²) in [5.74, 6) is 0.842. The molecule has 0 amide bonds. The topological polar surface area (TPSA) is 33.0 Å². The monoisotopic (exact) mass is 203 g/mol. The Morgan fingerprint density at radius 3 is 2.73 bits per heavy atom. The minimum atomic E-state index is -0.416. The molecule has 0 unspecified atom stereocenters. The molecule has 0 saturated heterocycles. The van der Waals surface area contributed by atoms with Gasteiger partial charge in [0, 0.05) is 0 Å². The molecule has 0 saturated carbocycles. The Morgan fingerprint density at radius 2 is 2.13 bits per heavy atom.